The van der Waals surface area contributed by atoms with E-state index in [2.05, 4.69) is 5.32 Å². The number of hydrogen-bond donors (Lipinski definition) is 1. The van der Waals surface area contributed by atoms with Gasteiger partial charge in [0.15, 0.2) is 11.6 Å². The van der Waals surface area contributed by atoms with Crippen LogP contribution in [0.15, 0.2) is 12.1 Å². The lowest BCUT2D eigenvalue weighted by Gasteiger charge is -2.24. The quantitative estimate of drug-likeness (QED) is 0.733. The van der Waals surface area contributed by atoms with Gasteiger partial charge in [0.1, 0.15) is 0 Å². The zero-order chi connectivity index (χ0) is 10.8. The van der Waals surface area contributed by atoms with Gasteiger partial charge in [-0.1, -0.05) is 11.6 Å². The van der Waals surface area contributed by atoms with Crippen LogP contribution in [0.3, 0.4) is 0 Å². The van der Waals surface area contributed by atoms with Gasteiger partial charge in [-0.05, 0) is 43.0 Å². The molecule has 0 saturated carbocycles. The summed E-state index contributed by atoms with van der Waals surface area (Å²) in [4.78, 5) is 0. The first kappa shape index (κ1) is 10.8. The first-order chi connectivity index (χ1) is 7.18. The van der Waals surface area contributed by atoms with E-state index < -0.39 is 11.6 Å². The Morgan fingerprint density at radius 2 is 2.00 bits per heavy atom. The Hall–Kier alpha value is -0.670. The van der Waals surface area contributed by atoms with Crippen molar-refractivity contribution in [3.05, 3.63) is 34.4 Å². The zero-order valence-corrected chi connectivity index (χ0v) is 8.95. The summed E-state index contributed by atoms with van der Waals surface area (Å²) in [7, 11) is 0. The van der Waals surface area contributed by atoms with Gasteiger partial charge in [-0.3, -0.25) is 0 Å². The van der Waals surface area contributed by atoms with E-state index in [0.717, 1.165) is 32.0 Å². The van der Waals surface area contributed by atoms with Crippen LogP contribution in [0.4, 0.5) is 8.78 Å². The first-order valence-corrected chi connectivity index (χ1v) is 5.41. The van der Waals surface area contributed by atoms with Crippen molar-refractivity contribution < 1.29 is 8.78 Å². The van der Waals surface area contributed by atoms with Crippen LogP contribution in [0.25, 0.3) is 0 Å². The number of rotatable bonds is 1. The van der Waals surface area contributed by atoms with Crippen LogP contribution in [0, 0.1) is 11.6 Å². The molecule has 1 aromatic carbocycles. The fourth-order valence-corrected chi connectivity index (χ4v) is 2.27. The SMILES string of the molecule is Fc1cc(Cl)c(C2CCCNC2)cc1F. The molecule has 1 fully saturated rings. The molecule has 4 heteroatoms. The lowest BCUT2D eigenvalue weighted by molar-refractivity contribution is 0.455. The predicted molar refractivity (Wildman–Crippen MR) is 56.2 cm³/mol. The minimum Gasteiger partial charge on any atom is -0.316 e. The summed E-state index contributed by atoms with van der Waals surface area (Å²) in [6.07, 6.45) is 2.01. The molecule has 1 N–H and O–H groups in total. The fourth-order valence-electron chi connectivity index (χ4n) is 1.97. The van der Waals surface area contributed by atoms with Gasteiger partial charge < -0.3 is 5.32 Å². The van der Waals surface area contributed by atoms with Crippen LogP contribution in [0.2, 0.25) is 5.02 Å². The molecular formula is C11H12ClF2N. The Bertz CT molecular complexity index is 362. The highest BCUT2D eigenvalue weighted by atomic mass is 35.5. The van der Waals surface area contributed by atoms with Crippen LogP contribution in [0.5, 0.6) is 0 Å². The normalized spacial score (nSPS) is 21.7. The molecule has 1 unspecified atom stereocenters. The maximum Gasteiger partial charge on any atom is 0.160 e. The summed E-state index contributed by atoms with van der Waals surface area (Å²) in [5.41, 5.74) is 0.711. The van der Waals surface area contributed by atoms with E-state index in [9.17, 15) is 8.78 Å². The maximum absolute atomic E-state index is 13.1. The molecule has 1 aliphatic heterocycles. The topological polar surface area (TPSA) is 12.0 Å². The minimum absolute atomic E-state index is 0.196. The van der Waals surface area contributed by atoms with Crippen molar-refractivity contribution in [1.82, 2.24) is 5.32 Å². The fraction of sp³-hybridized carbons (Fsp3) is 0.455. The molecule has 1 saturated heterocycles. The largest absolute Gasteiger partial charge is 0.316 e. The van der Waals surface area contributed by atoms with Gasteiger partial charge in [-0.25, -0.2) is 8.78 Å². The molecule has 1 aromatic rings. The Morgan fingerprint density at radius 1 is 1.27 bits per heavy atom. The lowest BCUT2D eigenvalue weighted by Crippen LogP contribution is -2.28. The molecule has 0 aliphatic carbocycles. The summed E-state index contributed by atoms with van der Waals surface area (Å²) in [5, 5.41) is 3.54. The first-order valence-electron chi connectivity index (χ1n) is 5.03. The van der Waals surface area contributed by atoms with E-state index in [4.69, 9.17) is 11.6 Å². The smallest absolute Gasteiger partial charge is 0.160 e. The molecule has 15 heavy (non-hydrogen) atoms. The van der Waals surface area contributed by atoms with Crippen molar-refractivity contribution in [2.24, 2.45) is 0 Å². The minimum atomic E-state index is -0.882. The molecule has 1 heterocycles. The Labute approximate surface area is 92.4 Å². The Kier molecular flexibility index (Phi) is 3.22. The molecule has 82 valence electrons. The highest BCUT2D eigenvalue weighted by Crippen LogP contribution is 2.30. The van der Waals surface area contributed by atoms with Gasteiger partial charge in [0.05, 0.1) is 0 Å². The van der Waals surface area contributed by atoms with Crippen LogP contribution in [-0.4, -0.2) is 13.1 Å². The highest BCUT2D eigenvalue weighted by Gasteiger charge is 2.19. The summed E-state index contributed by atoms with van der Waals surface area (Å²) in [6.45, 7) is 1.77. The molecule has 0 spiro atoms. The standard InChI is InChI=1S/C11H12ClF2N/c12-9-5-11(14)10(13)4-8(9)7-2-1-3-15-6-7/h4-5,7,15H,1-3,6H2. The Balaban J connectivity index is 2.30. The molecule has 0 bridgehead atoms. The molecule has 1 atom stereocenters. The van der Waals surface area contributed by atoms with E-state index in [1.165, 1.54) is 6.07 Å². The molecular weight excluding hydrogens is 220 g/mol. The van der Waals surface area contributed by atoms with Crippen LogP contribution < -0.4 is 5.32 Å². The average Bonchev–Trinajstić information content (AvgIpc) is 2.25. The Morgan fingerprint density at radius 3 is 2.67 bits per heavy atom. The monoisotopic (exact) mass is 231 g/mol. The van der Waals surface area contributed by atoms with Crippen molar-refractivity contribution in [3.8, 4) is 0 Å². The third kappa shape index (κ3) is 2.29. The third-order valence-corrected chi connectivity index (χ3v) is 3.10. The van der Waals surface area contributed by atoms with Gasteiger partial charge in [0.2, 0.25) is 0 Å². The van der Waals surface area contributed by atoms with Crippen molar-refractivity contribution in [1.29, 1.82) is 0 Å². The van der Waals surface area contributed by atoms with Gasteiger partial charge in [0, 0.05) is 11.6 Å². The molecule has 1 aliphatic rings. The van der Waals surface area contributed by atoms with Crippen LogP contribution in [-0.2, 0) is 0 Å². The predicted octanol–water partition coefficient (Wildman–Crippen LogP) is 3.09. The summed E-state index contributed by atoms with van der Waals surface area (Å²) < 4.78 is 25.9. The van der Waals surface area contributed by atoms with Crippen LogP contribution in [0.1, 0.15) is 24.3 Å². The van der Waals surface area contributed by atoms with E-state index >= 15 is 0 Å². The van der Waals surface area contributed by atoms with Gasteiger partial charge in [-0.15, -0.1) is 0 Å². The van der Waals surface area contributed by atoms with Crippen molar-refractivity contribution in [3.63, 3.8) is 0 Å². The molecule has 1 nitrogen and oxygen atoms in total. The zero-order valence-electron chi connectivity index (χ0n) is 8.19. The molecule has 0 radical (unpaired) electrons. The second-order valence-electron chi connectivity index (χ2n) is 3.83. The van der Waals surface area contributed by atoms with Crippen molar-refractivity contribution >= 4 is 11.6 Å². The van der Waals surface area contributed by atoms with E-state index in [0.29, 0.717) is 10.6 Å². The van der Waals surface area contributed by atoms with E-state index in [-0.39, 0.29) is 5.92 Å². The summed E-state index contributed by atoms with van der Waals surface area (Å²) in [6, 6.07) is 2.27. The van der Waals surface area contributed by atoms with Gasteiger partial charge >= 0.3 is 0 Å². The second kappa shape index (κ2) is 4.45. The number of piperidine rings is 1. The van der Waals surface area contributed by atoms with E-state index in [1.807, 2.05) is 0 Å². The number of halogens is 3. The average molecular weight is 232 g/mol. The van der Waals surface area contributed by atoms with E-state index in [1.54, 1.807) is 0 Å². The highest BCUT2D eigenvalue weighted by molar-refractivity contribution is 6.31. The number of benzene rings is 1. The van der Waals surface area contributed by atoms with Crippen molar-refractivity contribution in [2.45, 2.75) is 18.8 Å². The lowest BCUT2D eigenvalue weighted by atomic mass is 9.91. The molecule has 0 amide bonds. The number of hydrogen-bond acceptors (Lipinski definition) is 1. The summed E-state index contributed by atoms with van der Waals surface area (Å²) >= 11 is 5.90. The third-order valence-electron chi connectivity index (χ3n) is 2.78. The van der Waals surface area contributed by atoms with Crippen molar-refractivity contribution in [2.75, 3.05) is 13.1 Å². The molecule has 2 rings (SSSR count). The number of nitrogens with one attached hydrogen (secondary N) is 1. The van der Waals surface area contributed by atoms with Crippen LogP contribution >= 0.6 is 11.6 Å². The summed E-state index contributed by atoms with van der Waals surface area (Å²) in [5.74, 6) is -1.51. The maximum atomic E-state index is 13.1. The molecule has 0 aromatic heterocycles. The van der Waals surface area contributed by atoms with Gasteiger partial charge in [-0.2, -0.15) is 0 Å². The second-order valence-corrected chi connectivity index (χ2v) is 4.24. The van der Waals surface area contributed by atoms with Gasteiger partial charge in [0.25, 0.3) is 0 Å².